The first kappa shape index (κ1) is 24.6. The summed E-state index contributed by atoms with van der Waals surface area (Å²) in [6.45, 7) is 12.8. The molecule has 22 heavy (non-hydrogen) atoms. The molecular weight excluding hydrogens is 406 g/mol. The lowest BCUT2D eigenvalue weighted by atomic mass is 10.4. The second-order valence-corrected chi connectivity index (χ2v) is 10.7. The Morgan fingerprint density at radius 2 is 1.32 bits per heavy atom. The maximum atomic E-state index is 11.6. The summed E-state index contributed by atoms with van der Waals surface area (Å²) in [7, 11) is -0.939. The average Bonchev–Trinajstić information content (AvgIpc) is 2.48. The number of carbonyl (C=O) groups excluding carboxylic acids is 1. The summed E-state index contributed by atoms with van der Waals surface area (Å²) in [5.41, 5.74) is 0.509. The zero-order valence-corrected chi connectivity index (χ0v) is 18.2. The maximum Gasteiger partial charge on any atom is 0.333 e. The van der Waals surface area contributed by atoms with E-state index in [1.54, 1.807) is 6.92 Å². The molecule has 0 saturated heterocycles. The van der Waals surface area contributed by atoms with E-state index in [1.165, 1.54) is 57.0 Å². The van der Waals surface area contributed by atoms with Gasteiger partial charge in [-0.2, -0.15) is 0 Å². The van der Waals surface area contributed by atoms with Crippen LogP contribution in [-0.2, 0) is 9.53 Å². The van der Waals surface area contributed by atoms with Crippen molar-refractivity contribution in [2.45, 2.75) is 66.2 Å². The van der Waals surface area contributed by atoms with E-state index in [4.69, 9.17) is 4.74 Å². The van der Waals surface area contributed by atoms with Crippen LogP contribution in [0, 0.1) is 0 Å². The van der Waals surface area contributed by atoms with Gasteiger partial charge in [0.25, 0.3) is 0 Å². The summed E-state index contributed by atoms with van der Waals surface area (Å²) in [6.07, 6.45) is 13.1. The minimum Gasteiger partial charge on any atom is -1.00 e. The van der Waals surface area contributed by atoms with E-state index < -0.39 is 7.26 Å². The van der Waals surface area contributed by atoms with Gasteiger partial charge in [-0.15, -0.1) is 0 Å². The lowest BCUT2D eigenvalue weighted by molar-refractivity contribution is -0.138. The third-order valence-corrected chi connectivity index (χ3v) is 9.03. The second kappa shape index (κ2) is 14.9. The van der Waals surface area contributed by atoms with Crippen LogP contribution in [0.15, 0.2) is 12.2 Å². The Morgan fingerprint density at radius 1 is 0.909 bits per heavy atom. The van der Waals surface area contributed by atoms with Crippen molar-refractivity contribution in [2.75, 3.05) is 31.3 Å². The highest BCUT2D eigenvalue weighted by Gasteiger charge is 2.35. The molecule has 0 aliphatic rings. The largest absolute Gasteiger partial charge is 1.00 e. The van der Waals surface area contributed by atoms with Crippen molar-refractivity contribution in [3.63, 3.8) is 0 Å². The topological polar surface area (TPSA) is 26.3 Å². The summed E-state index contributed by atoms with van der Waals surface area (Å²) in [6, 6.07) is 0. The fourth-order valence-electron chi connectivity index (χ4n) is 2.61. The first-order chi connectivity index (χ1) is 10.0. The minimum absolute atomic E-state index is 0. The number of rotatable bonds is 13. The van der Waals surface area contributed by atoms with E-state index in [9.17, 15) is 4.79 Å². The van der Waals surface area contributed by atoms with Crippen LogP contribution in [0.4, 0.5) is 0 Å². The molecule has 0 aromatic heterocycles. The molecule has 0 atom stereocenters. The van der Waals surface area contributed by atoms with Crippen LogP contribution < -0.4 is 24.0 Å². The smallest absolute Gasteiger partial charge is 0.333 e. The van der Waals surface area contributed by atoms with Gasteiger partial charge in [0.1, 0.15) is 6.61 Å². The number of carbonyl (C=O) groups is 1. The van der Waals surface area contributed by atoms with Gasteiger partial charge in [-0.05, 0) is 26.2 Å². The zero-order chi connectivity index (χ0) is 16.1. The van der Waals surface area contributed by atoms with Crippen molar-refractivity contribution < 1.29 is 33.5 Å². The van der Waals surface area contributed by atoms with Crippen LogP contribution in [-0.4, -0.2) is 37.2 Å². The van der Waals surface area contributed by atoms with E-state index in [0.717, 1.165) is 6.16 Å². The molecule has 0 aromatic rings. The first-order valence-corrected chi connectivity index (χ1v) is 11.2. The van der Waals surface area contributed by atoms with Gasteiger partial charge in [0.05, 0.1) is 24.6 Å². The number of esters is 1. The quantitative estimate of drug-likeness (QED) is 0.190. The standard InChI is InChI=1S/C18H36O2P.HI/c1-6-9-13-21(14-10-7-2,15-11-8-3)16-12-20-18(19)17(4)5;/h4,6-16H2,1-3,5H3;1H/q+1;/p-1. The normalized spacial score (nSPS) is 10.9. The van der Waals surface area contributed by atoms with E-state index in [0.29, 0.717) is 12.2 Å². The predicted octanol–water partition coefficient (Wildman–Crippen LogP) is 2.53. The molecule has 0 aliphatic carbocycles. The van der Waals surface area contributed by atoms with Crippen LogP contribution in [0.2, 0.25) is 0 Å². The Balaban J connectivity index is 0. The van der Waals surface area contributed by atoms with E-state index in [1.807, 2.05) is 0 Å². The highest BCUT2D eigenvalue weighted by molar-refractivity contribution is 7.75. The van der Waals surface area contributed by atoms with Gasteiger partial charge < -0.3 is 28.7 Å². The Morgan fingerprint density at radius 3 is 1.64 bits per heavy atom. The number of unbranched alkanes of at least 4 members (excludes halogenated alkanes) is 3. The summed E-state index contributed by atoms with van der Waals surface area (Å²) in [5.74, 6) is -0.227. The fraction of sp³-hybridized carbons (Fsp3) is 0.833. The Labute approximate surface area is 156 Å². The van der Waals surface area contributed by atoms with Crippen molar-refractivity contribution in [3.8, 4) is 0 Å². The maximum absolute atomic E-state index is 11.6. The third kappa shape index (κ3) is 11.0. The van der Waals surface area contributed by atoms with E-state index in [2.05, 4.69) is 27.4 Å². The van der Waals surface area contributed by atoms with Crippen LogP contribution in [0.1, 0.15) is 66.2 Å². The Kier molecular flexibility index (Phi) is 16.7. The van der Waals surface area contributed by atoms with Gasteiger partial charge in [0.15, 0.2) is 0 Å². The summed E-state index contributed by atoms with van der Waals surface area (Å²) < 4.78 is 5.39. The molecule has 0 saturated carbocycles. The average molecular weight is 442 g/mol. The Hall–Kier alpha value is 0.370. The molecule has 0 aromatic carbocycles. The fourth-order valence-corrected chi connectivity index (χ4v) is 7.39. The van der Waals surface area contributed by atoms with E-state index >= 15 is 0 Å². The van der Waals surface area contributed by atoms with Crippen molar-refractivity contribution in [3.05, 3.63) is 12.2 Å². The minimum atomic E-state index is -0.939. The van der Waals surface area contributed by atoms with E-state index in [-0.39, 0.29) is 29.9 Å². The van der Waals surface area contributed by atoms with Crippen molar-refractivity contribution in [1.82, 2.24) is 0 Å². The molecule has 0 radical (unpaired) electrons. The highest BCUT2D eigenvalue weighted by atomic mass is 127. The van der Waals surface area contributed by atoms with Gasteiger partial charge in [0, 0.05) is 12.8 Å². The van der Waals surface area contributed by atoms with Crippen molar-refractivity contribution in [2.24, 2.45) is 0 Å². The van der Waals surface area contributed by atoms with Crippen LogP contribution in [0.25, 0.3) is 0 Å². The van der Waals surface area contributed by atoms with Crippen molar-refractivity contribution >= 4 is 13.2 Å². The molecule has 0 unspecified atom stereocenters. The molecule has 0 fully saturated rings. The van der Waals surface area contributed by atoms with Gasteiger partial charge >= 0.3 is 5.97 Å². The number of ether oxygens (including phenoxy) is 1. The second-order valence-electron chi connectivity index (χ2n) is 6.21. The van der Waals surface area contributed by atoms with Crippen LogP contribution >= 0.6 is 7.26 Å². The number of hydrogen-bond donors (Lipinski definition) is 0. The van der Waals surface area contributed by atoms with Crippen LogP contribution in [0.5, 0.6) is 0 Å². The number of hydrogen-bond acceptors (Lipinski definition) is 2. The molecule has 0 aliphatic heterocycles. The molecule has 0 spiro atoms. The summed E-state index contributed by atoms with van der Waals surface area (Å²) in [4.78, 5) is 11.6. The van der Waals surface area contributed by atoms with Crippen LogP contribution in [0.3, 0.4) is 0 Å². The molecule has 132 valence electrons. The van der Waals surface area contributed by atoms with Gasteiger partial charge in [-0.25, -0.2) is 4.79 Å². The molecule has 0 amide bonds. The molecular formula is C18H36IO2P. The molecule has 0 N–H and O–H groups in total. The molecule has 0 bridgehead atoms. The number of halogens is 1. The monoisotopic (exact) mass is 442 g/mol. The molecule has 0 rings (SSSR count). The molecule has 4 heteroatoms. The predicted molar refractivity (Wildman–Crippen MR) is 96.9 cm³/mol. The first-order valence-electron chi connectivity index (χ1n) is 8.69. The summed E-state index contributed by atoms with van der Waals surface area (Å²) >= 11 is 0. The lowest BCUT2D eigenvalue weighted by Gasteiger charge is -2.27. The van der Waals surface area contributed by atoms with Gasteiger partial charge in [-0.1, -0.05) is 46.6 Å². The third-order valence-electron chi connectivity index (χ3n) is 4.11. The zero-order valence-electron chi connectivity index (χ0n) is 15.1. The lowest BCUT2D eigenvalue weighted by Crippen LogP contribution is -3.00. The Bertz CT molecular complexity index is 284. The SMILES string of the molecule is C=C(C)C(=O)OCC[P+](CCCC)(CCCC)CCCC.[I-]. The molecule has 2 nitrogen and oxygen atoms in total. The van der Waals surface area contributed by atoms with Gasteiger partial charge in [0.2, 0.25) is 0 Å². The summed E-state index contributed by atoms with van der Waals surface area (Å²) in [5, 5.41) is 0. The highest BCUT2D eigenvalue weighted by Crippen LogP contribution is 2.60. The van der Waals surface area contributed by atoms with Gasteiger partial charge in [-0.3, -0.25) is 0 Å². The van der Waals surface area contributed by atoms with Crippen molar-refractivity contribution in [1.29, 1.82) is 0 Å². The molecule has 0 heterocycles.